The van der Waals surface area contributed by atoms with Crippen molar-refractivity contribution in [2.45, 2.75) is 19.8 Å². The minimum atomic E-state index is -0.960. The van der Waals surface area contributed by atoms with Crippen molar-refractivity contribution in [3.05, 3.63) is 29.8 Å². The minimum Gasteiger partial charge on any atom is -0.481 e. The maximum atomic E-state index is 12.4. The molecule has 22 heavy (non-hydrogen) atoms. The van der Waals surface area contributed by atoms with Crippen LogP contribution in [0.5, 0.6) is 0 Å². The molecular formula is C16H20N2O4. The van der Waals surface area contributed by atoms with Gasteiger partial charge in [0.25, 0.3) is 0 Å². The second kappa shape index (κ2) is 6.60. The quantitative estimate of drug-likeness (QED) is 0.831. The number of benzene rings is 1. The van der Waals surface area contributed by atoms with Crippen molar-refractivity contribution in [1.82, 2.24) is 4.90 Å². The summed E-state index contributed by atoms with van der Waals surface area (Å²) in [6.45, 7) is 2.59. The predicted octanol–water partition coefficient (Wildman–Crippen LogP) is 1.28. The van der Waals surface area contributed by atoms with Crippen molar-refractivity contribution < 1.29 is 19.5 Å². The number of amides is 2. The lowest BCUT2D eigenvalue weighted by atomic mass is 10.1. The van der Waals surface area contributed by atoms with Crippen molar-refractivity contribution in [3.63, 3.8) is 0 Å². The summed E-state index contributed by atoms with van der Waals surface area (Å²) in [5.41, 5.74) is 1.90. The van der Waals surface area contributed by atoms with Gasteiger partial charge >= 0.3 is 5.97 Å². The first kappa shape index (κ1) is 16.0. The Labute approximate surface area is 129 Å². The fourth-order valence-corrected chi connectivity index (χ4v) is 2.53. The fraction of sp³-hybridized carbons (Fsp3) is 0.438. The summed E-state index contributed by atoms with van der Waals surface area (Å²) in [7, 11) is 1.53. The number of aliphatic carboxylic acids is 1. The molecule has 1 aliphatic rings. The van der Waals surface area contributed by atoms with Crippen molar-refractivity contribution in [2.24, 2.45) is 5.92 Å². The highest BCUT2D eigenvalue weighted by molar-refractivity contribution is 6.09. The average molecular weight is 304 g/mol. The summed E-state index contributed by atoms with van der Waals surface area (Å²) in [6.07, 6.45) is 0.341. The van der Waals surface area contributed by atoms with Crippen LogP contribution in [0.1, 0.15) is 18.4 Å². The highest BCUT2D eigenvalue weighted by Gasteiger charge is 2.38. The molecule has 0 saturated carbocycles. The van der Waals surface area contributed by atoms with E-state index in [2.05, 4.69) is 0 Å². The van der Waals surface area contributed by atoms with Crippen LogP contribution in [0.25, 0.3) is 0 Å². The molecule has 0 aromatic heterocycles. The summed E-state index contributed by atoms with van der Waals surface area (Å²) < 4.78 is 0. The summed E-state index contributed by atoms with van der Waals surface area (Å²) in [6, 6.07) is 7.59. The monoisotopic (exact) mass is 304 g/mol. The number of carbonyl (C=O) groups is 3. The lowest BCUT2D eigenvalue weighted by Gasteiger charge is -2.20. The average Bonchev–Trinajstić information content (AvgIpc) is 2.86. The Morgan fingerprint density at radius 2 is 1.95 bits per heavy atom. The minimum absolute atomic E-state index is 0.114. The molecule has 6 nitrogen and oxygen atoms in total. The van der Waals surface area contributed by atoms with Crippen LogP contribution in [-0.4, -0.2) is 47.9 Å². The second-order valence-electron chi connectivity index (χ2n) is 5.57. The number of carboxylic acid groups (broad SMARTS) is 1. The SMILES string of the molecule is Cc1ccc(N2CC[C@H](C(=O)N(C)CCC(=O)O)C2=O)cc1. The van der Waals surface area contributed by atoms with E-state index in [-0.39, 0.29) is 24.8 Å². The molecule has 0 spiro atoms. The summed E-state index contributed by atoms with van der Waals surface area (Å²) in [5, 5.41) is 8.66. The van der Waals surface area contributed by atoms with Gasteiger partial charge in [-0.3, -0.25) is 14.4 Å². The van der Waals surface area contributed by atoms with Gasteiger partial charge in [0.15, 0.2) is 0 Å². The van der Waals surface area contributed by atoms with E-state index in [1.165, 1.54) is 11.9 Å². The first-order valence-electron chi connectivity index (χ1n) is 7.25. The van der Waals surface area contributed by atoms with Crippen LogP contribution in [0, 0.1) is 12.8 Å². The molecule has 2 amide bonds. The molecule has 1 atom stereocenters. The summed E-state index contributed by atoms with van der Waals surface area (Å²) >= 11 is 0. The number of carboxylic acids is 1. The lowest BCUT2D eigenvalue weighted by Crippen LogP contribution is -2.38. The standard InChI is InChI=1S/C16H20N2O4/c1-11-3-5-12(6-4-11)18-10-7-13(16(18)22)15(21)17(2)9-8-14(19)20/h3-6,13H,7-10H2,1-2H3,(H,19,20)/t13-/m1/s1. The van der Waals surface area contributed by atoms with Gasteiger partial charge < -0.3 is 14.9 Å². The molecule has 1 N–H and O–H groups in total. The molecular weight excluding hydrogens is 284 g/mol. The van der Waals surface area contributed by atoms with Crippen LogP contribution < -0.4 is 4.90 Å². The van der Waals surface area contributed by atoms with Crippen LogP contribution >= 0.6 is 0 Å². The first-order chi connectivity index (χ1) is 10.4. The van der Waals surface area contributed by atoms with Crippen molar-refractivity contribution in [2.75, 3.05) is 25.0 Å². The summed E-state index contributed by atoms with van der Waals surface area (Å²) in [4.78, 5) is 38.2. The number of carbonyl (C=O) groups excluding carboxylic acids is 2. The predicted molar refractivity (Wildman–Crippen MR) is 81.5 cm³/mol. The number of aryl methyl sites for hydroxylation is 1. The zero-order valence-corrected chi connectivity index (χ0v) is 12.8. The highest BCUT2D eigenvalue weighted by Crippen LogP contribution is 2.26. The molecule has 1 heterocycles. The van der Waals surface area contributed by atoms with Gasteiger partial charge in [0.2, 0.25) is 11.8 Å². The number of hydrogen-bond acceptors (Lipinski definition) is 3. The van der Waals surface area contributed by atoms with E-state index in [1.807, 2.05) is 31.2 Å². The van der Waals surface area contributed by atoms with Crippen LogP contribution in [0.4, 0.5) is 5.69 Å². The largest absolute Gasteiger partial charge is 0.481 e. The van der Waals surface area contributed by atoms with Gasteiger partial charge in [-0.1, -0.05) is 17.7 Å². The van der Waals surface area contributed by atoms with Gasteiger partial charge in [-0.2, -0.15) is 0 Å². The lowest BCUT2D eigenvalue weighted by molar-refractivity contribution is -0.140. The van der Waals surface area contributed by atoms with E-state index in [0.29, 0.717) is 13.0 Å². The Kier molecular flexibility index (Phi) is 4.80. The van der Waals surface area contributed by atoms with Crippen LogP contribution in [-0.2, 0) is 14.4 Å². The molecule has 6 heteroatoms. The summed E-state index contributed by atoms with van der Waals surface area (Å²) in [5.74, 6) is -2.18. The maximum absolute atomic E-state index is 12.4. The first-order valence-corrected chi connectivity index (χ1v) is 7.25. The molecule has 1 aromatic rings. The molecule has 0 radical (unpaired) electrons. The third-order valence-corrected chi connectivity index (χ3v) is 3.89. The van der Waals surface area contributed by atoms with Crippen LogP contribution in [0.2, 0.25) is 0 Å². The molecule has 1 fully saturated rings. The van der Waals surface area contributed by atoms with E-state index >= 15 is 0 Å². The van der Waals surface area contributed by atoms with Crippen molar-refractivity contribution in [3.8, 4) is 0 Å². The number of hydrogen-bond donors (Lipinski definition) is 1. The van der Waals surface area contributed by atoms with E-state index in [4.69, 9.17) is 5.11 Å². The molecule has 1 aromatic carbocycles. The Hall–Kier alpha value is -2.37. The van der Waals surface area contributed by atoms with E-state index in [0.717, 1.165) is 11.3 Å². The Balaban J connectivity index is 2.02. The Morgan fingerprint density at radius 1 is 1.32 bits per heavy atom. The number of rotatable bonds is 5. The van der Waals surface area contributed by atoms with Gasteiger partial charge in [0, 0.05) is 25.8 Å². The third-order valence-electron chi connectivity index (χ3n) is 3.89. The molecule has 1 aliphatic heterocycles. The molecule has 1 saturated heterocycles. The smallest absolute Gasteiger partial charge is 0.305 e. The van der Waals surface area contributed by atoms with Crippen LogP contribution in [0.15, 0.2) is 24.3 Å². The topological polar surface area (TPSA) is 77.9 Å². The Bertz CT molecular complexity index is 582. The zero-order valence-electron chi connectivity index (χ0n) is 12.8. The van der Waals surface area contributed by atoms with Gasteiger partial charge in [0.1, 0.15) is 5.92 Å². The van der Waals surface area contributed by atoms with Gasteiger partial charge in [0.05, 0.1) is 6.42 Å². The number of anilines is 1. The second-order valence-corrected chi connectivity index (χ2v) is 5.57. The third kappa shape index (κ3) is 3.44. The van der Waals surface area contributed by atoms with Gasteiger partial charge in [-0.15, -0.1) is 0 Å². The van der Waals surface area contributed by atoms with E-state index in [9.17, 15) is 14.4 Å². The Morgan fingerprint density at radius 3 is 2.55 bits per heavy atom. The molecule has 0 aliphatic carbocycles. The highest BCUT2D eigenvalue weighted by atomic mass is 16.4. The molecule has 118 valence electrons. The molecule has 2 rings (SSSR count). The van der Waals surface area contributed by atoms with E-state index in [1.54, 1.807) is 4.90 Å². The fourth-order valence-electron chi connectivity index (χ4n) is 2.53. The van der Waals surface area contributed by atoms with Gasteiger partial charge in [-0.25, -0.2) is 0 Å². The maximum Gasteiger partial charge on any atom is 0.305 e. The van der Waals surface area contributed by atoms with Crippen molar-refractivity contribution in [1.29, 1.82) is 0 Å². The molecule has 0 unspecified atom stereocenters. The number of nitrogens with zero attached hydrogens (tertiary/aromatic N) is 2. The van der Waals surface area contributed by atoms with Gasteiger partial charge in [-0.05, 0) is 25.5 Å². The zero-order chi connectivity index (χ0) is 16.3. The molecule has 0 bridgehead atoms. The van der Waals surface area contributed by atoms with E-state index < -0.39 is 11.9 Å². The van der Waals surface area contributed by atoms with Crippen LogP contribution in [0.3, 0.4) is 0 Å². The van der Waals surface area contributed by atoms with Crippen molar-refractivity contribution >= 4 is 23.5 Å². The normalized spacial score (nSPS) is 17.6.